The van der Waals surface area contributed by atoms with Gasteiger partial charge in [-0.3, -0.25) is 4.79 Å². The highest BCUT2D eigenvalue weighted by molar-refractivity contribution is 5.85. The van der Waals surface area contributed by atoms with E-state index in [-0.39, 0.29) is 30.4 Å². The van der Waals surface area contributed by atoms with E-state index < -0.39 is 0 Å². The maximum Gasteiger partial charge on any atom is 0.224 e. The number of rotatable bonds is 6. The van der Waals surface area contributed by atoms with Gasteiger partial charge in [-0.05, 0) is 30.9 Å². The van der Waals surface area contributed by atoms with Crippen molar-refractivity contribution in [2.45, 2.75) is 44.4 Å². The van der Waals surface area contributed by atoms with Crippen LogP contribution in [0, 0.1) is 0 Å². The number of ether oxygens (including phenoxy) is 1. The molecule has 0 aliphatic heterocycles. The van der Waals surface area contributed by atoms with Gasteiger partial charge in [-0.1, -0.05) is 48.5 Å². The third-order valence-electron chi connectivity index (χ3n) is 4.40. The highest BCUT2D eigenvalue weighted by Crippen LogP contribution is 2.21. The largest absolute Gasteiger partial charge is 0.489 e. The van der Waals surface area contributed by atoms with Gasteiger partial charge in [0.1, 0.15) is 12.4 Å². The van der Waals surface area contributed by atoms with Crippen molar-refractivity contribution in [1.82, 2.24) is 5.32 Å². The van der Waals surface area contributed by atoms with Crippen LogP contribution >= 0.6 is 12.4 Å². The molecule has 1 amide bonds. The number of benzene rings is 2. The zero-order valence-electron chi connectivity index (χ0n) is 14.2. The second kappa shape index (κ2) is 9.44. The van der Waals surface area contributed by atoms with Crippen molar-refractivity contribution < 1.29 is 9.53 Å². The van der Waals surface area contributed by atoms with Crippen LogP contribution in [0.15, 0.2) is 54.6 Å². The summed E-state index contributed by atoms with van der Waals surface area (Å²) in [6.07, 6.45) is 3.16. The maximum atomic E-state index is 12.3. The Balaban J connectivity index is 0.00000225. The molecular weight excluding hydrogens is 336 g/mol. The van der Waals surface area contributed by atoms with Crippen LogP contribution < -0.4 is 15.8 Å². The maximum absolute atomic E-state index is 12.3. The monoisotopic (exact) mass is 360 g/mol. The van der Waals surface area contributed by atoms with E-state index in [1.165, 1.54) is 0 Å². The van der Waals surface area contributed by atoms with Gasteiger partial charge in [0.25, 0.3) is 0 Å². The van der Waals surface area contributed by atoms with Crippen molar-refractivity contribution in [2.75, 3.05) is 0 Å². The Labute approximate surface area is 155 Å². The fourth-order valence-electron chi connectivity index (χ4n) is 3.13. The summed E-state index contributed by atoms with van der Waals surface area (Å²) in [5, 5.41) is 3.08. The molecule has 1 aliphatic rings. The smallest absolute Gasteiger partial charge is 0.224 e. The van der Waals surface area contributed by atoms with Crippen molar-refractivity contribution in [3.63, 3.8) is 0 Å². The summed E-state index contributed by atoms with van der Waals surface area (Å²) in [6, 6.07) is 18.2. The Morgan fingerprint density at radius 1 is 1.08 bits per heavy atom. The number of para-hydroxylation sites is 1. The SMILES string of the molecule is Cl.N[C@@H]1CC[C@@H](NC(=O)Cc2ccccc2OCc2ccccc2)C1. The van der Waals surface area contributed by atoms with Gasteiger partial charge in [0.05, 0.1) is 6.42 Å². The van der Waals surface area contributed by atoms with E-state index in [4.69, 9.17) is 10.5 Å². The number of carbonyl (C=O) groups excluding carboxylic acids is 1. The molecular formula is C20H25ClN2O2. The van der Waals surface area contributed by atoms with Crippen molar-refractivity contribution in [3.8, 4) is 5.75 Å². The average molecular weight is 361 g/mol. The van der Waals surface area contributed by atoms with Gasteiger partial charge in [-0.25, -0.2) is 0 Å². The van der Waals surface area contributed by atoms with Gasteiger partial charge in [0, 0.05) is 17.6 Å². The van der Waals surface area contributed by atoms with Crippen LogP contribution in [0.25, 0.3) is 0 Å². The summed E-state index contributed by atoms with van der Waals surface area (Å²) in [6.45, 7) is 0.497. The van der Waals surface area contributed by atoms with Crippen LogP contribution in [-0.2, 0) is 17.8 Å². The molecule has 134 valence electrons. The predicted molar refractivity (Wildman–Crippen MR) is 102 cm³/mol. The van der Waals surface area contributed by atoms with Crippen LogP contribution in [0.1, 0.15) is 30.4 Å². The van der Waals surface area contributed by atoms with E-state index in [0.29, 0.717) is 13.0 Å². The van der Waals surface area contributed by atoms with E-state index >= 15 is 0 Å². The van der Waals surface area contributed by atoms with Gasteiger partial charge >= 0.3 is 0 Å². The number of amides is 1. The molecule has 1 fully saturated rings. The Hall–Kier alpha value is -2.04. The number of carbonyl (C=O) groups is 1. The molecule has 2 aromatic rings. The minimum Gasteiger partial charge on any atom is -0.489 e. The fraction of sp³-hybridized carbons (Fsp3) is 0.350. The topological polar surface area (TPSA) is 64.3 Å². The molecule has 0 radical (unpaired) electrons. The molecule has 3 N–H and O–H groups in total. The zero-order valence-corrected chi connectivity index (χ0v) is 15.0. The summed E-state index contributed by atoms with van der Waals surface area (Å²) in [4.78, 5) is 12.3. The van der Waals surface area contributed by atoms with Crippen LogP contribution in [-0.4, -0.2) is 18.0 Å². The van der Waals surface area contributed by atoms with Gasteiger partial charge < -0.3 is 15.8 Å². The molecule has 2 atom stereocenters. The highest BCUT2D eigenvalue weighted by Gasteiger charge is 2.23. The molecule has 3 rings (SSSR count). The Bertz CT molecular complexity index is 678. The van der Waals surface area contributed by atoms with Gasteiger partial charge in [-0.2, -0.15) is 0 Å². The first kappa shape index (κ1) is 19.3. The fourth-order valence-corrected chi connectivity index (χ4v) is 3.13. The summed E-state index contributed by atoms with van der Waals surface area (Å²) in [5.74, 6) is 0.796. The van der Waals surface area contributed by atoms with Crippen LogP contribution in [0.5, 0.6) is 5.75 Å². The summed E-state index contributed by atoms with van der Waals surface area (Å²) in [7, 11) is 0. The van der Waals surface area contributed by atoms with Crippen molar-refractivity contribution >= 4 is 18.3 Å². The summed E-state index contributed by atoms with van der Waals surface area (Å²) in [5.41, 5.74) is 7.92. The van der Waals surface area contributed by atoms with Crippen LogP contribution in [0.2, 0.25) is 0 Å². The number of nitrogens with one attached hydrogen (secondary N) is 1. The molecule has 2 aromatic carbocycles. The lowest BCUT2D eigenvalue weighted by molar-refractivity contribution is -0.121. The Morgan fingerprint density at radius 2 is 1.80 bits per heavy atom. The second-order valence-corrected chi connectivity index (χ2v) is 6.40. The number of nitrogens with two attached hydrogens (primary N) is 1. The number of hydrogen-bond donors (Lipinski definition) is 2. The first-order valence-electron chi connectivity index (χ1n) is 8.50. The third kappa shape index (κ3) is 5.76. The molecule has 0 bridgehead atoms. The van der Waals surface area contributed by atoms with Crippen molar-refractivity contribution in [2.24, 2.45) is 5.73 Å². The van der Waals surface area contributed by atoms with Crippen LogP contribution in [0.3, 0.4) is 0 Å². The zero-order chi connectivity index (χ0) is 16.8. The van der Waals surface area contributed by atoms with E-state index in [9.17, 15) is 4.79 Å². The van der Waals surface area contributed by atoms with E-state index in [0.717, 1.165) is 36.1 Å². The Morgan fingerprint density at radius 3 is 2.52 bits per heavy atom. The molecule has 1 saturated carbocycles. The summed E-state index contributed by atoms with van der Waals surface area (Å²) < 4.78 is 5.91. The van der Waals surface area contributed by atoms with E-state index in [2.05, 4.69) is 5.32 Å². The standard InChI is InChI=1S/C20H24N2O2.ClH/c21-17-10-11-18(13-17)22-20(23)12-16-8-4-5-9-19(16)24-14-15-6-2-1-3-7-15;/h1-9,17-18H,10-14,21H2,(H,22,23);1H/t17-,18-;/m1./s1. The normalized spacial score (nSPS) is 19.1. The van der Waals surface area contributed by atoms with Gasteiger partial charge in [0.15, 0.2) is 0 Å². The van der Waals surface area contributed by atoms with Crippen molar-refractivity contribution in [3.05, 3.63) is 65.7 Å². The average Bonchev–Trinajstić information content (AvgIpc) is 3.00. The Kier molecular flexibility index (Phi) is 7.29. The molecule has 0 spiro atoms. The molecule has 0 unspecified atom stereocenters. The van der Waals surface area contributed by atoms with Crippen LogP contribution in [0.4, 0.5) is 0 Å². The lowest BCUT2D eigenvalue weighted by Gasteiger charge is -2.14. The van der Waals surface area contributed by atoms with Crippen molar-refractivity contribution in [1.29, 1.82) is 0 Å². The van der Waals surface area contributed by atoms with E-state index in [1.807, 2.05) is 54.6 Å². The summed E-state index contributed by atoms with van der Waals surface area (Å²) >= 11 is 0. The molecule has 0 heterocycles. The number of halogens is 1. The second-order valence-electron chi connectivity index (χ2n) is 6.40. The van der Waals surface area contributed by atoms with Gasteiger partial charge in [-0.15, -0.1) is 12.4 Å². The quantitative estimate of drug-likeness (QED) is 0.831. The lowest BCUT2D eigenvalue weighted by atomic mass is 10.1. The minimum atomic E-state index is 0. The lowest BCUT2D eigenvalue weighted by Crippen LogP contribution is -2.35. The first-order chi connectivity index (χ1) is 11.7. The molecule has 0 aromatic heterocycles. The first-order valence-corrected chi connectivity index (χ1v) is 8.50. The molecule has 4 nitrogen and oxygen atoms in total. The van der Waals surface area contributed by atoms with Gasteiger partial charge in [0.2, 0.25) is 5.91 Å². The van der Waals surface area contributed by atoms with E-state index in [1.54, 1.807) is 0 Å². The molecule has 1 aliphatic carbocycles. The molecule has 5 heteroatoms. The molecule has 25 heavy (non-hydrogen) atoms. The highest BCUT2D eigenvalue weighted by atomic mass is 35.5. The third-order valence-corrected chi connectivity index (χ3v) is 4.40. The minimum absolute atomic E-state index is 0. The molecule has 0 saturated heterocycles. The predicted octanol–water partition coefficient (Wildman–Crippen LogP) is 3.23. The number of hydrogen-bond acceptors (Lipinski definition) is 3.